The number of amides is 1. The van der Waals surface area contributed by atoms with E-state index in [-0.39, 0.29) is 36.7 Å². The van der Waals surface area contributed by atoms with Gasteiger partial charge in [0.25, 0.3) is 0 Å². The standard InChI is InChI=1S/C36H41NO5/c1-25(2)31(35(41)32(38)21-13-18-27-14-7-4-8-15-27)24-33(39)26(3)37-36(42)30(22-28-16-9-5-10-17-28)23-34(40)29-19-11-6-12-20-29/h4-12,14-17,19-20,25-26,30-31H,13,18,21-24H2,1-3H3,(H,37,42)/t26-,30+,31-/m0/s1. The van der Waals surface area contributed by atoms with E-state index in [0.717, 1.165) is 11.1 Å². The molecule has 1 N–H and O–H groups in total. The molecule has 0 unspecified atom stereocenters. The summed E-state index contributed by atoms with van der Waals surface area (Å²) in [6.07, 6.45) is 1.60. The molecule has 42 heavy (non-hydrogen) atoms. The Morgan fingerprint density at radius 1 is 0.690 bits per heavy atom. The molecule has 0 aliphatic carbocycles. The largest absolute Gasteiger partial charge is 0.346 e. The molecular weight excluding hydrogens is 526 g/mol. The zero-order valence-electron chi connectivity index (χ0n) is 24.8. The van der Waals surface area contributed by atoms with Crippen LogP contribution in [0.2, 0.25) is 0 Å². The second-order valence-electron chi connectivity index (χ2n) is 11.3. The number of benzene rings is 3. The second kappa shape index (κ2) is 16.3. The highest BCUT2D eigenvalue weighted by Crippen LogP contribution is 2.21. The molecule has 220 valence electrons. The van der Waals surface area contributed by atoms with Gasteiger partial charge >= 0.3 is 0 Å². The first-order chi connectivity index (χ1) is 20.2. The third-order valence-electron chi connectivity index (χ3n) is 7.61. The van der Waals surface area contributed by atoms with Crippen molar-refractivity contribution < 1.29 is 24.0 Å². The SMILES string of the molecule is CC(C)[C@H](CC(=O)[C@H](C)NC(=O)[C@@H](CC(=O)c1ccccc1)Cc1ccccc1)C(=O)C(=O)CCCc1ccccc1. The lowest BCUT2D eigenvalue weighted by atomic mass is 9.83. The monoisotopic (exact) mass is 567 g/mol. The molecule has 6 nitrogen and oxygen atoms in total. The van der Waals surface area contributed by atoms with Gasteiger partial charge in [-0.3, -0.25) is 24.0 Å². The van der Waals surface area contributed by atoms with Crippen LogP contribution in [-0.4, -0.2) is 35.1 Å². The van der Waals surface area contributed by atoms with Crippen molar-refractivity contribution >= 4 is 29.0 Å². The highest BCUT2D eigenvalue weighted by atomic mass is 16.2. The minimum absolute atomic E-state index is 0.00373. The van der Waals surface area contributed by atoms with Crippen molar-refractivity contribution in [2.75, 3.05) is 0 Å². The maximum Gasteiger partial charge on any atom is 0.224 e. The summed E-state index contributed by atoms with van der Waals surface area (Å²) in [5.41, 5.74) is 2.54. The van der Waals surface area contributed by atoms with Gasteiger partial charge in [-0.05, 0) is 43.2 Å². The normalized spacial score (nSPS) is 13.1. The molecule has 0 saturated carbocycles. The average molecular weight is 568 g/mol. The maximum atomic E-state index is 13.4. The van der Waals surface area contributed by atoms with Crippen LogP contribution in [0.1, 0.15) is 67.9 Å². The van der Waals surface area contributed by atoms with Gasteiger partial charge in [-0.15, -0.1) is 0 Å². The van der Waals surface area contributed by atoms with E-state index in [1.165, 1.54) is 0 Å². The summed E-state index contributed by atoms with van der Waals surface area (Å²) in [4.78, 5) is 65.3. The third-order valence-corrected chi connectivity index (χ3v) is 7.61. The number of nitrogens with one attached hydrogen (secondary N) is 1. The number of carbonyl (C=O) groups excluding carboxylic acids is 5. The Kier molecular flexibility index (Phi) is 12.5. The minimum Gasteiger partial charge on any atom is -0.346 e. The van der Waals surface area contributed by atoms with E-state index in [2.05, 4.69) is 5.32 Å². The topological polar surface area (TPSA) is 97.4 Å². The van der Waals surface area contributed by atoms with E-state index < -0.39 is 35.4 Å². The lowest BCUT2D eigenvalue weighted by Gasteiger charge is -2.23. The molecule has 3 aromatic rings. The van der Waals surface area contributed by atoms with Crippen LogP contribution in [0.5, 0.6) is 0 Å². The van der Waals surface area contributed by atoms with E-state index in [9.17, 15) is 24.0 Å². The summed E-state index contributed by atoms with van der Waals surface area (Å²) in [6.45, 7) is 5.23. The molecule has 3 rings (SSSR count). The molecule has 0 spiro atoms. The first-order valence-corrected chi connectivity index (χ1v) is 14.7. The molecule has 0 aliphatic heterocycles. The van der Waals surface area contributed by atoms with Gasteiger partial charge < -0.3 is 5.32 Å². The number of carbonyl (C=O) groups is 5. The molecule has 1 amide bonds. The Labute approximate surface area is 248 Å². The molecule has 0 aliphatic rings. The maximum absolute atomic E-state index is 13.4. The Bertz CT molecular complexity index is 1330. The zero-order chi connectivity index (χ0) is 30.5. The van der Waals surface area contributed by atoms with Gasteiger partial charge in [0.15, 0.2) is 17.3 Å². The van der Waals surface area contributed by atoms with Gasteiger partial charge in [-0.2, -0.15) is 0 Å². The summed E-state index contributed by atoms with van der Waals surface area (Å²) in [6, 6.07) is 27.2. The van der Waals surface area contributed by atoms with Gasteiger partial charge in [0.2, 0.25) is 11.7 Å². The molecule has 0 saturated heterocycles. The Balaban J connectivity index is 1.61. The van der Waals surface area contributed by atoms with Crippen molar-refractivity contribution in [3.8, 4) is 0 Å². The molecular formula is C36H41NO5. The lowest BCUT2D eigenvalue weighted by Crippen LogP contribution is -2.44. The highest BCUT2D eigenvalue weighted by Gasteiger charge is 2.32. The predicted molar refractivity (Wildman–Crippen MR) is 164 cm³/mol. The number of aryl methyl sites for hydroxylation is 1. The lowest BCUT2D eigenvalue weighted by molar-refractivity contribution is -0.141. The number of Topliss-reactive ketones (excluding diaryl/α,β-unsaturated/α-hetero) is 4. The van der Waals surface area contributed by atoms with Gasteiger partial charge in [-0.25, -0.2) is 0 Å². The second-order valence-corrected chi connectivity index (χ2v) is 11.3. The summed E-state index contributed by atoms with van der Waals surface area (Å²) in [5, 5.41) is 2.78. The van der Waals surface area contributed by atoms with Gasteiger partial charge in [-0.1, -0.05) is 105 Å². The third kappa shape index (κ3) is 10.0. The first-order valence-electron chi connectivity index (χ1n) is 14.7. The van der Waals surface area contributed by atoms with Crippen molar-refractivity contribution in [1.82, 2.24) is 5.32 Å². The molecule has 0 aromatic heterocycles. The smallest absolute Gasteiger partial charge is 0.224 e. The van der Waals surface area contributed by atoms with E-state index in [4.69, 9.17) is 0 Å². The van der Waals surface area contributed by atoms with Crippen LogP contribution in [0.15, 0.2) is 91.0 Å². The van der Waals surface area contributed by atoms with E-state index >= 15 is 0 Å². The van der Waals surface area contributed by atoms with Crippen LogP contribution < -0.4 is 5.32 Å². The van der Waals surface area contributed by atoms with Gasteiger partial charge in [0.05, 0.1) is 6.04 Å². The number of rotatable bonds is 17. The van der Waals surface area contributed by atoms with E-state index in [0.29, 0.717) is 24.8 Å². The average Bonchev–Trinajstić information content (AvgIpc) is 3.00. The molecule has 0 fully saturated rings. The number of hydrogen-bond donors (Lipinski definition) is 1. The zero-order valence-corrected chi connectivity index (χ0v) is 24.8. The van der Waals surface area contributed by atoms with Crippen LogP contribution >= 0.6 is 0 Å². The van der Waals surface area contributed by atoms with Crippen LogP contribution in [0, 0.1) is 17.8 Å². The summed E-state index contributed by atoms with van der Waals surface area (Å²) in [5.74, 6) is -3.49. The Hall–Kier alpha value is -4.19. The fourth-order valence-electron chi connectivity index (χ4n) is 4.99. The molecule has 0 heterocycles. The Morgan fingerprint density at radius 3 is 1.81 bits per heavy atom. The molecule has 3 aromatic carbocycles. The minimum atomic E-state index is -0.871. The predicted octanol–water partition coefficient (Wildman–Crippen LogP) is 6.02. The van der Waals surface area contributed by atoms with Crippen LogP contribution in [0.3, 0.4) is 0 Å². The van der Waals surface area contributed by atoms with Crippen LogP contribution in [0.4, 0.5) is 0 Å². The summed E-state index contributed by atoms with van der Waals surface area (Å²) in [7, 11) is 0. The van der Waals surface area contributed by atoms with Crippen LogP contribution in [0.25, 0.3) is 0 Å². The highest BCUT2D eigenvalue weighted by molar-refractivity contribution is 6.38. The molecule has 6 heteroatoms. The summed E-state index contributed by atoms with van der Waals surface area (Å²) < 4.78 is 0. The molecule has 0 bridgehead atoms. The number of hydrogen-bond acceptors (Lipinski definition) is 5. The fourth-order valence-corrected chi connectivity index (χ4v) is 4.99. The van der Waals surface area contributed by atoms with E-state index in [1.807, 2.05) is 80.6 Å². The quantitative estimate of drug-likeness (QED) is 0.159. The van der Waals surface area contributed by atoms with Crippen LogP contribution in [-0.2, 0) is 32.0 Å². The van der Waals surface area contributed by atoms with Crippen molar-refractivity contribution in [3.05, 3.63) is 108 Å². The van der Waals surface area contributed by atoms with Crippen molar-refractivity contribution in [2.45, 2.75) is 65.3 Å². The van der Waals surface area contributed by atoms with E-state index in [1.54, 1.807) is 31.2 Å². The fraction of sp³-hybridized carbons (Fsp3) is 0.361. The Morgan fingerprint density at radius 2 is 1.24 bits per heavy atom. The van der Waals surface area contributed by atoms with Crippen molar-refractivity contribution in [3.63, 3.8) is 0 Å². The molecule has 3 atom stereocenters. The van der Waals surface area contributed by atoms with Gasteiger partial charge in [0.1, 0.15) is 0 Å². The molecule has 0 radical (unpaired) electrons. The van der Waals surface area contributed by atoms with Crippen molar-refractivity contribution in [1.29, 1.82) is 0 Å². The van der Waals surface area contributed by atoms with Crippen molar-refractivity contribution in [2.24, 2.45) is 17.8 Å². The number of ketones is 4. The van der Waals surface area contributed by atoms with Gasteiger partial charge in [0, 0.05) is 36.7 Å². The first kappa shape index (κ1) is 32.3. The summed E-state index contributed by atoms with van der Waals surface area (Å²) >= 11 is 0.